The molecule has 0 unspecified atom stereocenters. The number of anilines is 1. The highest BCUT2D eigenvalue weighted by Gasteiger charge is 2.28. The lowest BCUT2D eigenvalue weighted by Gasteiger charge is -2.26. The van der Waals surface area contributed by atoms with Gasteiger partial charge in [-0.05, 0) is 12.1 Å². The van der Waals surface area contributed by atoms with Crippen molar-refractivity contribution in [2.24, 2.45) is 0 Å². The average Bonchev–Trinajstić information content (AvgIpc) is 3.08. The van der Waals surface area contributed by atoms with E-state index in [1.54, 1.807) is 0 Å². The summed E-state index contributed by atoms with van der Waals surface area (Å²) < 4.78 is 31.8. The number of sulfonamides is 1. The van der Waals surface area contributed by atoms with E-state index < -0.39 is 10.0 Å². The number of nitrogens with zero attached hydrogens (tertiary/aromatic N) is 1. The number of ether oxygens (including phenoxy) is 1. The lowest BCUT2D eigenvalue weighted by Crippen LogP contribution is -3.11. The second kappa shape index (κ2) is 8.80. The number of hydrogen-bond acceptors (Lipinski definition) is 4. The van der Waals surface area contributed by atoms with E-state index in [0.29, 0.717) is 6.54 Å². The Hall–Kier alpha value is -1.15. The van der Waals surface area contributed by atoms with Gasteiger partial charge in [-0.3, -0.25) is 0 Å². The van der Waals surface area contributed by atoms with Crippen molar-refractivity contribution in [2.75, 3.05) is 58.1 Å². The highest BCUT2D eigenvalue weighted by Crippen LogP contribution is 2.17. The Morgan fingerprint density at radius 3 is 2.38 bits per heavy atom. The molecule has 1 aromatic rings. The quantitative estimate of drug-likeness (QED) is 0.656. The van der Waals surface area contributed by atoms with Crippen LogP contribution in [0.3, 0.4) is 0 Å². The van der Waals surface area contributed by atoms with Crippen LogP contribution in [0.4, 0.5) is 5.69 Å². The number of benzene rings is 1. The third-order valence-corrected chi connectivity index (χ3v) is 5.92. The molecule has 1 aromatic carbocycles. The first kappa shape index (κ1) is 19.2. The third kappa shape index (κ3) is 5.44. The van der Waals surface area contributed by atoms with Gasteiger partial charge in [0.25, 0.3) is 0 Å². The predicted octanol–water partition coefficient (Wildman–Crippen LogP) is 0.0382. The van der Waals surface area contributed by atoms with E-state index in [1.165, 1.54) is 30.4 Å². The molecule has 24 heavy (non-hydrogen) atoms. The number of hydrogen-bond donors (Lipinski definition) is 2. The number of rotatable bonds is 9. The Bertz CT molecular complexity index is 596. The first-order chi connectivity index (χ1) is 11.4. The molecule has 0 aromatic heterocycles. The van der Waals surface area contributed by atoms with Crippen molar-refractivity contribution in [3.05, 3.63) is 29.8 Å². The van der Waals surface area contributed by atoms with Gasteiger partial charge in [0.15, 0.2) is 0 Å². The van der Waals surface area contributed by atoms with Crippen molar-refractivity contribution in [2.45, 2.75) is 18.9 Å². The summed E-state index contributed by atoms with van der Waals surface area (Å²) in [6.07, 6.45) is 2.41. The molecule has 6 nitrogen and oxygen atoms in total. The van der Waals surface area contributed by atoms with E-state index >= 15 is 0 Å². The second-order valence-corrected chi connectivity index (χ2v) is 8.49. The van der Waals surface area contributed by atoms with Crippen LogP contribution >= 0.6 is 0 Å². The predicted molar refractivity (Wildman–Crippen MR) is 97.1 cm³/mol. The molecule has 0 bridgehead atoms. The van der Waals surface area contributed by atoms with Crippen molar-refractivity contribution in [1.82, 2.24) is 4.72 Å². The van der Waals surface area contributed by atoms with Gasteiger partial charge >= 0.3 is 0 Å². The number of nitrogens with one attached hydrogen (secondary N) is 2. The highest BCUT2D eigenvalue weighted by molar-refractivity contribution is 7.89. The Balaban J connectivity index is 2.10. The molecule has 0 spiro atoms. The lowest BCUT2D eigenvalue weighted by atomic mass is 10.1. The second-order valence-electron chi connectivity index (χ2n) is 6.56. The van der Waals surface area contributed by atoms with Crippen LogP contribution in [0.15, 0.2) is 24.3 Å². The van der Waals surface area contributed by atoms with Gasteiger partial charge in [-0.2, -0.15) is 0 Å². The molecule has 136 valence electrons. The molecule has 1 saturated heterocycles. The fourth-order valence-electron chi connectivity index (χ4n) is 3.16. The first-order valence-corrected chi connectivity index (χ1v) is 10.2. The van der Waals surface area contributed by atoms with Crippen LogP contribution < -0.4 is 14.5 Å². The zero-order chi connectivity index (χ0) is 17.6. The van der Waals surface area contributed by atoms with E-state index in [0.717, 1.165) is 18.8 Å². The molecule has 2 N–H and O–H groups in total. The van der Waals surface area contributed by atoms with Gasteiger partial charge in [-0.1, -0.05) is 12.1 Å². The number of methoxy groups -OCH3 is 1. The van der Waals surface area contributed by atoms with E-state index in [4.69, 9.17) is 4.74 Å². The largest absolute Gasteiger partial charge is 0.384 e. The van der Waals surface area contributed by atoms with E-state index in [1.807, 2.05) is 14.1 Å². The Morgan fingerprint density at radius 2 is 1.83 bits per heavy atom. The van der Waals surface area contributed by atoms with Crippen LogP contribution in [-0.2, 0) is 14.8 Å². The molecule has 0 radical (unpaired) electrons. The molecule has 1 fully saturated rings. The van der Waals surface area contributed by atoms with Crippen LogP contribution in [-0.4, -0.2) is 61.6 Å². The zero-order valence-electron chi connectivity index (χ0n) is 14.9. The summed E-state index contributed by atoms with van der Waals surface area (Å²) in [7, 11) is 2.25. The SMILES string of the molecule is COCCS(=O)(=O)NC[C@@H](c1ccc(N(C)C)cc1)[NH+]1CCCC1. The van der Waals surface area contributed by atoms with Gasteiger partial charge in [0.2, 0.25) is 10.0 Å². The number of quaternary nitrogens is 1. The fraction of sp³-hybridized carbons (Fsp3) is 0.647. The summed E-state index contributed by atoms with van der Waals surface area (Å²) in [6.45, 7) is 2.84. The highest BCUT2D eigenvalue weighted by atomic mass is 32.2. The summed E-state index contributed by atoms with van der Waals surface area (Å²) in [5.74, 6) is 0.00508. The molecule has 0 saturated carbocycles. The smallest absolute Gasteiger partial charge is 0.214 e. The van der Waals surface area contributed by atoms with Crippen molar-refractivity contribution < 1.29 is 18.1 Å². The minimum absolute atomic E-state index is 0.00508. The molecule has 0 amide bonds. The van der Waals surface area contributed by atoms with Crippen LogP contribution in [0.5, 0.6) is 0 Å². The first-order valence-electron chi connectivity index (χ1n) is 8.51. The molecule has 1 atom stereocenters. The van der Waals surface area contributed by atoms with E-state index in [9.17, 15) is 8.42 Å². The average molecular weight is 357 g/mol. The van der Waals surface area contributed by atoms with Crippen molar-refractivity contribution >= 4 is 15.7 Å². The van der Waals surface area contributed by atoms with Crippen LogP contribution in [0.1, 0.15) is 24.4 Å². The summed E-state index contributed by atoms with van der Waals surface area (Å²) in [5, 5.41) is 0. The van der Waals surface area contributed by atoms with Gasteiger partial charge in [0.1, 0.15) is 6.04 Å². The molecule has 0 aliphatic carbocycles. The maximum atomic E-state index is 12.1. The van der Waals surface area contributed by atoms with Gasteiger partial charge in [0.05, 0.1) is 32.0 Å². The molecule has 1 heterocycles. The van der Waals surface area contributed by atoms with E-state index in [-0.39, 0.29) is 18.4 Å². The summed E-state index contributed by atoms with van der Waals surface area (Å²) in [5.41, 5.74) is 2.33. The normalized spacial score (nSPS) is 17.1. The van der Waals surface area contributed by atoms with Crippen molar-refractivity contribution in [3.8, 4) is 0 Å². The van der Waals surface area contributed by atoms with Gasteiger partial charge < -0.3 is 14.5 Å². The third-order valence-electron chi connectivity index (χ3n) is 4.61. The monoisotopic (exact) mass is 356 g/mol. The molecule has 7 heteroatoms. The summed E-state index contributed by atoms with van der Waals surface area (Å²) >= 11 is 0. The standard InChI is InChI=1S/C17H29N3O3S/c1-19(2)16-8-6-15(7-9-16)17(20-10-4-5-11-20)14-18-24(21,22)13-12-23-3/h6-9,17-18H,4-5,10-14H2,1-3H3/p+1/t17-/m0/s1. The van der Waals surface area contributed by atoms with E-state index in [2.05, 4.69) is 33.9 Å². The Morgan fingerprint density at radius 1 is 1.21 bits per heavy atom. The maximum Gasteiger partial charge on any atom is 0.214 e. The van der Waals surface area contributed by atoms with Crippen LogP contribution in [0, 0.1) is 0 Å². The summed E-state index contributed by atoms with van der Waals surface area (Å²) in [4.78, 5) is 3.52. The van der Waals surface area contributed by atoms with Crippen molar-refractivity contribution in [1.29, 1.82) is 0 Å². The zero-order valence-corrected chi connectivity index (χ0v) is 15.7. The lowest BCUT2D eigenvalue weighted by molar-refractivity contribution is -0.918. The molecular formula is C17H30N3O3S+. The molecule has 1 aliphatic heterocycles. The molecule has 1 aliphatic rings. The van der Waals surface area contributed by atoms with Crippen LogP contribution in [0.2, 0.25) is 0 Å². The summed E-state index contributed by atoms with van der Waals surface area (Å²) in [6, 6.07) is 8.58. The van der Waals surface area contributed by atoms with Gasteiger partial charge in [0, 0.05) is 45.3 Å². The fourth-order valence-corrected chi connectivity index (χ4v) is 4.11. The van der Waals surface area contributed by atoms with Gasteiger partial charge in [-0.25, -0.2) is 13.1 Å². The van der Waals surface area contributed by atoms with Gasteiger partial charge in [-0.15, -0.1) is 0 Å². The maximum absolute atomic E-state index is 12.1. The van der Waals surface area contributed by atoms with Crippen LogP contribution in [0.25, 0.3) is 0 Å². The Kier molecular flexibility index (Phi) is 7.03. The molecular weight excluding hydrogens is 326 g/mol. The number of likely N-dealkylation sites (tertiary alicyclic amines) is 1. The minimum atomic E-state index is -3.29. The Labute approximate surface area is 145 Å². The topological polar surface area (TPSA) is 63.1 Å². The minimum Gasteiger partial charge on any atom is -0.384 e. The van der Waals surface area contributed by atoms with Crippen molar-refractivity contribution in [3.63, 3.8) is 0 Å². The molecule has 2 rings (SSSR count).